The first-order valence-corrected chi connectivity index (χ1v) is 13.4. The van der Waals surface area contributed by atoms with Crippen LogP contribution in [0.15, 0.2) is 59.8 Å². The molecule has 36 heavy (non-hydrogen) atoms. The number of benzene rings is 2. The van der Waals surface area contributed by atoms with Gasteiger partial charge < -0.3 is 15.2 Å². The van der Waals surface area contributed by atoms with Gasteiger partial charge >= 0.3 is 0 Å². The number of thioether (sulfide) groups is 1. The number of aryl methyl sites for hydroxylation is 2. The van der Waals surface area contributed by atoms with Crippen molar-refractivity contribution in [1.82, 2.24) is 25.1 Å². The van der Waals surface area contributed by atoms with E-state index in [1.807, 2.05) is 74.7 Å². The van der Waals surface area contributed by atoms with Crippen molar-refractivity contribution < 1.29 is 9.59 Å². The molecule has 2 N–H and O–H groups in total. The van der Waals surface area contributed by atoms with Crippen LogP contribution in [-0.2, 0) is 11.3 Å². The largest absolute Gasteiger partial charge is 0.342 e. The number of nitrogens with one attached hydrogen (secondary N) is 2. The molecule has 0 saturated heterocycles. The average Bonchev–Trinajstić information content (AvgIpc) is 3.46. The second-order valence-corrected chi connectivity index (χ2v) is 10.4. The van der Waals surface area contributed by atoms with Crippen molar-refractivity contribution >= 4 is 40.0 Å². The van der Waals surface area contributed by atoms with Gasteiger partial charge in [-0.2, -0.15) is 0 Å². The molecule has 2 amide bonds. The monoisotopic (exact) mass is 520 g/mol. The van der Waals surface area contributed by atoms with Crippen molar-refractivity contribution in [3.05, 3.63) is 76.4 Å². The molecule has 2 aromatic carbocycles. The molecule has 0 aliphatic carbocycles. The van der Waals surface area contributed by atoms with E-state index >= 15 is 0 Å². The fraction of sp³-hybridized carbons (Fsp3) is 0.269. The van der Waals surface area contributed by atoms with Gasteiger partial charge in [-0.05, 0) is 39.8 Å². The normalized spacial score (nSPS) is 11.8. The second-order valence-electron chi connectivity index (χ2n) is 8.27. The van der Waals surface area contributed by atoms with E-state index < -0.39 is 0 Å². The van der Waals surface area contributed by atoms with Crippen LogP contribution in [0, 0.1) is 13.8 Å². The molecule has 10 heteroatoms. The summed E-state index contributed by atoms with van der Waals surface area (Å²) in [5.41, 5.74) is 3.58. The number of amides is 2. The van der Waals surface area contributed by atoms with Gasteiger partial charge in [-0.3, -0.25) is 9.59 Å². The fourth-order valence-electron chi connectivity index (χ4n) is 3.67. The van der Waals surface area contributed by atoms with Crippen LogP contribution in [0.5, 0.6) is 0 Å². The zero-order chi connectivity index (χ0) is 25.7. The SMILES string of the molecule is CCn1c(SCC(=O)Nc2nc(-c3ccccc3)c(C)s2)nnc1[C@H](C)NC(=O)c1ccc(C)cc1. The molecule has 0 spiro atoms. The van der Waals surface area contributed by atoms with Gasteiger partial charge in [0, 0.05) is 22.5 Å². The maximum atomic E-state index is 12.6. The summed E-state index contributed by atoms with van der Waals surface area (Å²) >= 11 is 2.76. The van der Waals surface area contributed by atoms with Crippen molar-refractivity contribution in [2.24, 2.45) is 0 Å². The summed E-state index contributed by atoms with van der Waals surface area (Å²) in [6, 6.07) is 17.0. The molecule has 8 nitrogen and oxygen atoms in total. The highest BCUT2D eigenvalue weighted by molar-refractivity contribution is 7.99. The summed E-state index contributed by atoms with van der Waals surface area (Å²) in [7, 11) is 0. The van der Waals surface area contributed by atoms with E-state index in [4.69, 9.17) is 0 Å². The van der Waals surface area contributed by atoms with E-state index in [0.29, 0.717) is 28.2 Å². The van der Waals surface area contributed by atoms with Crippen LogP contribution in [0.3, 0.4) is 0 Å². The predicted molar refractivity (Wildman–Crippen MR) is 144 cm³/mol. The van der Waals surface area contributed by atoms with Gasteiger partial charge in [0.2, 0.25) is 5.91 Å². The number of hydrogen-bond acceptors (Lipinski definition) is 7. The van der Waals surface area contributed by atoms with Crippen molar-refractivity contribution in [3.8, 4) is 11.3 Å². The molecule has 186 valence electrons. The topological polar surface area (TPSA) is 102 Å². The highest BCUT2D eigenvalue weighted by Gasteiger charge is 2.20. The molecule has 4 rings (SSSR count). The maximum Gasteiger partial charge on any atom is 0.251 e. The van der Waals surface area contributed by atoms with Crippen LogP contribution in [0.1, 0.15) is 46.5 Å². The van der Waals surface area contributed by atoms with Crippen LogP contribution < -0.4 is 10.6 Å². The fourth-order valence-corrected chi connectivity index (χ4v) is 5.33. The molecule has 0 aliphatic heterocycles. The number of anilines is 1. The molecule has 2 heterocycles. The maximum absolute atomic E-state index is 12.6. The van der Waals surface area contributed by atoms with Crippen molar-refractivity contribution in [1.29, 1.82) is 0 Å². The van der Waals surface area contributed by atoms with Crippen LogP contribution >= 0.6 is 23.1 Å². The van der Waals surface area contributed by atoms with E-state index in [9.17, 15) is 9.59 Å². The lowest BCUT2D eigenvalue weighted by Gasteiger charge is -2.15. The van der Waals surface area contributed by atoms with Gasteiger partial charge in [0.25, 0.3) is 5.91 Å². The Balaban J connectivity index is 1.37. The first-order chi connectivity index (χ1) is 17.4. The molecule has 2 aromatic heterocycles. The van der Waals surface area contributed by atoms with Gasteiger partial charge in [-0.25, -0.2) is 4.98 Å². The van der Waals surface area contributed by atoms with Crippen LogP contribution in [0.4, 0.5) is 5.13 Å². The van der Waals surface area contributed by atoms with Crippen molar-refractivity contribution in [3.63, 3.8) is 0 Å². The first kappa shape index (κ1) is 25.6. The van der Waals surface area contributed by atoms with Gasteiger partial charge in [0.15, 0.2) is 16.1 Å². The van der Waals surface area contributed by atoms with E-state index in [1.54, 1.807) is 12.1 Å². The van der Waals surface area contributed by atoms with Gasteiger partial charge in [-0.1, -0.05) is 59.8 Å². The highest BCUT2D eigenvalue weighted by Crippen LogP contribution is 2.30. The Morgan fingerprint density at radius 1 is 1.06 bits per heavy atom. The number of nitrogens with zero attached hydrogens (tertiary/aromatic N) is 4. The Kier molecular flexibility index (Phi) is 8.17. The number of carbonyl (C=O) groups excluding carboxylic acids is 2. The number of carbonyl (C=O) groups is 2. The van der Waals surface area contributed by atoms with Crippen molar-refractivity contribution in [2.45, 2.75) is 45.4 Å². The molecule has 4 aromatic rings. The summed E-state index contributed by atoms with van der Waals surface area (Å²) < 4.78 is 1.92. The molecule has 0 bridgehead atoms. The van der Waals surface area contributed by atoms with E-state index in [0.717, 1.165) is 21.7 Å². The molecule has 0 fully saturated rings. The molecule has 0 saturated carbocycles. The lowest BCUT2D eigenvalue weighted by atomic mass is 10.1. The molecule has 0 unspecified atom stereocenters. The lowest BCUT2D eigenvalue weighted by molar-refractivity contribution is -0.113. The summed E-state index contributed by atoms with van der Waals surface area (Å²) in [5.74, 6) is 0.474. The van der Waals surface area contributed by atoms with E-state index in [2.05, 4.69) is 25.8 Å². The minimum absolute atomic E-state index is 0.165. The number of thiazole rings is 1. The Hall–Kier alpha value is -3.50. The predicted octanol–water partition coefficient (Wildman–Crippen LogP) is 5.26. The lowest BCUT2D eigenvalue weighted by Crippen LogP contribution is -2.28. The smallest absolute Gasteiger partial charge is 0.251 e. The molecule has 0 radical (unpaired) electrons. The minimum atomic E-state index is -0.343. The summed E-state index contributed by atoms with van der Waals surface area (Å²) in [6.45, 7) is 8.44. The Labute approximate surface area is 218 Å². The Morgan fingerprint density at radius 2 is 1.78 bits per heavy atom. The summed E-state index contributed by atoms with van der Waals surface area (Å²) in [6.07, 6.45) is 0. The molecule has 0 aliphatic rings. The Morgan fingerprint density at radius 3 is 2.47 bits per heavy atom. The van der Waals surface area contributed by atoms with E-state index in [1.165, 1.54) is 23.1 Å². The van der Waals surface area contributed by atoms with Gasteiger partial charge in [-0.15, -0.1) is 21.5 Å². The van der Waals surface area contributed by atoms with Gasteiger partial charge in [0.1, 0.15) is 0 Å². The zero-order valence-electron chi connectivity index (χ0n) is 20.6. The molecule has 1 atom stereocenters. The zero-order valence-corrected chi connectivity index (χ0v) is 22.2. The second kappa shape index (κ2) is 11.5. The number of hydrogen-bond donors (Lipinski definition) is 2. The third-order valence-corrected chi connectivity index (χ3v) is 7.39. The van der Waals surface area contributed by atoms with Gasteiger partial charge in [0.05, 0.1) is 17.5 Å². The third kappa shape index (κ3) is 6.00. The number of aromatic nitrogens is 4. The first-order valence-electron chi connectivity index (χ1n) is 11.6. The number of rotatable bonds is 9. The quantitative estimate of drug-likeness (QED) is 0.292. The summed E-state index contributed by atoms with van der Waals surface area (Å²) in [4.78, 5) is 30.9. The van der Waals surface area contributed by atoms with Crippen molar-refractivity contribution in [2.75, 3.05) is 11.1 Å². The van der Waals surface area contributed by atoms with Crippen LogP contribution in [-0.4, -0.2) is 37.3 Å². The van der Waals surface area contributed by atoms with Crippen LogP contribution in [0.25, 0.3) is 11.3 Å². The molecular weight excluding hydrogens is 492 g/mol. The Bertz CT molecular complexity index is 1350. The third-order valence-electron chi connectivity index (χ3n) is 5.53. The average molecular weight is 521 g/mol. The van der Waals surface area contributed by atoms with E-state index in [-0.39, 0.29) is 23.6 Å². The molecular formula is C26H28N6O2S2. The standard InChI is InChI=1S/C26H28N6O2S2/c1-5-32-23(17(3)27-24(34)20-13-11-16(2)12-14-20)30-31-26(32)35-15-21(33)28-25-29-22(18(4)36-25)19-9-7-6-8-10-19/h6-14,17H,5,15H2,1-4H3,(H,27,34)(H,28,29,33)/t17-/m0/s1. The highest BCUT2D eigenvalue weighted by atomic mass is 32.2. The summed E-state index contributed by atoms with van der Waals surface area (Å²) in [5, 5.41) is 15.6. The minimum Gasteiger partial charge on any atom is -0.342 e. The van der Waals surface area contributed by atoms with Crippen LogP contribution in [0.2, 0.25) is 0 Å².